The second-order valence-electron chi connectivity index (χ2n) is 4.87. The molecule has 0 fully saturated rings. The molecule has 2 aromatic rings. The van der Waals surface area contributed by atoms with Crippen LogP contribution in [0.25, 0.3) is 0 Å². The largest absolute Gasteiger partial charge is 0.506 e. The Morgan fingerprint density at radius 2 is 2.00 bits per heavy atom. The predicted octanol–water partition coefficient (Wildman–Crippen LogP) is 4.01. The molecule has 5 nitrogen and oxygen atoms in total. The van der Waals surface area contributed by atoms with E-state index in [0.717, 1.165) is 0 Å². The third-order valence-electron chi connectivity index (χ3n) is 2.95. The summed E-state index contributed by atoms with van der Waals surface area (Å²) in [7, 11) is 0. The molecule has 0 bridgehead atoms. The Hall–Kier alpha value is -1.83. The normalized spacial score (nSPS) is 10.1. The Balaban J connectivity index is 1.85. The van der Waals surface area contributed by atoms with Crippen molar-refractivity contribution in [1.29, 1.82) is 0 Å². The van der Waals surface area contributed by atoms with Gasteiger partial charge in [-0.2, -0.15) is 0 Å². The fraction of sp³-hybridized carbons (Fsp3) is 0.125. The standard InChI is InChI=1S/C16H14BrClN2O3S/c1-9-6-11(7-13(17)15(9)22)19-16(24)20-14(21)8-23-12-4-2-10(18)3-5-12/h2-7,22H,8H2,1H3,(H2,19,20,21,24). The average molecular weight is 430 g/mol. The molecule has 24 heavy (non-hydrogen) atoms. The summed E-state index contributed by atoms with van der Waals surface area (Å²) in [5.41, 5.74) is 1.31. The number of phenols is 1. The molecule has 126 valence electrons. The number of halogens is 2. The van der Waals surface area contributed by atoms with E-state index in [0.29, 0.717) is 26.5 Å². The first-order chi connectivity index (χ1) is 11.3. The lowest BCUT2D eigenvalue weighted by molar-refractivity contribution is -0.121. The molecule has 2 aromatic carbocycles. The van der Waals surface area contributed by atoms with Crippen LogP contribution < -0.4 is 15.4 Å². The van der Waals surface area contributed by atoms with Gasteiger partial charge in [0.1, 0.15) is 11.5 Å². The van der Waals surface area contributed by atoms with Crippen LogP contribution in [0.1, 0.15) is 5.56 Å². The van der Waals surface area contributed by atoms with Crippen molar-refractivity contribution < 1.29 is 14.6 Å². The molecule has 0 aliphatic carbocycles. The van der Waals surface area contributed by atoms with Gasteiger partial charge in [-0.1, -0.05) is 11.6 Å². The van der Waals surface area contributed by atoms with Gasteiger partial charge in [-0.25, -0.2) is 0 Å². The minimum Gasteiger partial charge on any atom is -0.506 e. The molecular weight excluding hydrogens is 416 g/mol. The van der Waals surface area contributed by atoms with Gasteiger partial charge in [0.25, 0.3) is 5.91 Å². The highest BCUT2D eigenvalue weighted by molar-refractivity contribution is 9.10. The molecule has 2 rings (SSSR count). The summed E-state index contributed by atoms with van der Waals surface area (Å²) in [6.45, 7) is 1.58. The van der Waals surface area contributed by atoms with Crippen molar-refractivity contribution in [3.05, 3.63) is 51.5 Å². The number of thiocarbonyl (C=S) groups is 1. The minimum atomic E-state index is -0.392. The van der Waals surface area contributed by atoms with Crippen LogP contribution in [0.4, 0.5) is 5.69 Å². The van der Waals surface area contributed by atoms with Gasteiger partial charge >= 0.3 is 0 Å². The number of ether oxygens (including phenoxy) is 1. The van der Waals surface area contributed by atoms with Crippen molar-refractivity contribution in [2.45, 2.75) is 6.92 Å². The Kier molecular flexibility index (Phi) is 6.42. The summed E-state index contributed by atoms with van der Waals surface area (Å²) < 4.78 is 5.86. The highest BCUT2D eigenvalue weighted by atomic mass is 79.9. The van der Waals surface area contributed by atoms with E-state index < -0.39 is 5.91 Å². The van der Waals surface area contributed by atoms with Gasteiger partial charge in [0, 0.05) is 10.7 Å². The number of anilines is 1. The molecule has 0 atom stereocenters. The molecule has 0 aromatic heterocycles. The van der Waals surface area contributed by atoms with Crippen LogP contribution in [0.15, 0.2) is 40.9 Å². The first-order valence-corrected chi connectivity index (χ1v) is 8.41. The van der Waals surface area contributed by atoms with Gasteiger partial charge in [-0.15, -0.1) is 0 Å². The number of rotatable bonds is 4. The van der Waals surface area contributed by atoms with E-state index in [1.165, 1.54) is 0 Å². The molecule has 1 amide bonds. The van der Waals surface area contributed by atoms with E-state index in [2.05, 4.69) is 26.6 Å². The Bertz CT molecular complexity index is 745. The molecule has 0 unspecified atom stereocenters. The van der Waals surface area contributed by atoms with Gasteiger partial charge in [0.2, 0.25) is 0 Å². The smallest absolute Gasteiger partial charge is 0.264 e. The third-order valence-corrected chi connectivity index (χ3v) is 4.01. The van der Waals surface area contributed by atoms with Crippen molar-refractivity contribution >= 4 is 56.5 Å². The van der Waals surface area contributed by atoms with E-state index in [1.807, 2.05) is 0 Å². The molecule has 0 aliphatic rings. The van der Waals surface area contributed by atoms with Crippen LogP contribution >= 0.6 is 39.7 Å². The summed E-state index contributed by atoms with van der Waals surface area (Å²) in [6.07, 6.45) is 0. The summed E-state index contributed by atoms with van der Waals surface area (Å²) in [6, 6.07) is 10.1. The second-order valence-corrected chi connectivity index (χ2v) is 6.57. The quantitative estimate of drug-likeness (QED) is 0.506. The maximum absolute atomic E-state index is 11.8. The van der Waals surface area contributed by atoms with E-state index in [-0.39, 0.29) is 17.5 Å². The number of hydrogen-bond donors (Lipinski definition) is 3. The van der Waals surface area contributed by atoms with Crippen LogP contribution in [-0.2, 0) is 4.79 Å². The third kappa shape index (κ3) is 5.36. The zero-order chi connectivity index (χ0) is 17.7. The van der Waals surface area contributed by atoms with Crippen LogP contribution in [0, 0.1) is 6.92 Å². The Morgan fingerprint density at radius 1 is 1.33 bits per heavy atom. The number of nitrogens with one attached hydrogen (secondary N) is 2. The maximum atomic E-state index is 11.8. The van der Waals surface area contributed by atoms with E-state index >= 15 is 0 Å². The van der Waals surface area contributed by atoms with E-state index in [1.54, 1.807) is 43.3 Å². The minimum absolute atomic E-state index is 0.136. The molecule has 8 heteroatoms. The summed E-state index contributed by atoms with van der Waals surface area (Å²) in [5.74, 6) is 0.301. The Labute approximate surface area is 158 Å². The summed E-state index contributed by atoms with van der Waals surface area (Å²) in [5, 5.41) is 15.8. The average Bonchev–Trinajstić information content (AvgIpc) is 2.52. The van der Waals surface area contributed by atoms with E-state index in [9.17, 15) is 9.90 Å². The number of hydrogen-bond acceptors (Lipinski definition) is 4. The van der Waals surface area contributed by atoms with Gasteiger partial charge < -0.3 is 15.2 Å². The molecular formula is C16H14BrClN2O3S. The molecule has 0 heterocycles. The van der Waals surface area contributed by atoms with Crippen molar-refractivity contribution in [1.82, 2.24) is 5.32 Å². The summed E-state index contributed by atoms with van der Waals surface area (Å²) >= 11 is 14.1. The van der Waals surface area contributed by atoms with Gasteiger partial charge in [-0.05, 0) is 77.0 Å². The highest BCUT2D eigenvalue weighted by Gasteiger charge is 2.09. The van der Waals surface area contributed by atoms with Crippen molar-refractivity contribution in [3.8, 4) is 11.5 Å². The number of phenolic OH excluding ortho intramolecular Hbond substituents is 1. The van der Waals surface area contributed by atoms with Crippen LogP contribution in [0.5, 0.6) is 11.5 Å². The van der Waals surface area contributed by atoms with Gasteiger partial charge in [0.15, 0.2) is 11.7 Å². The fourth-order valence-corrected chi connectivity index (χ4v) is 2.73. The van der Waals surface area contributed by atoms with E-state index in [4.69, 9.17) is 28.6 Å². The van der Waals surface area contributed by atoms with Gasteiger partial charge in [0.05, 0.1) is 4.47 Å². The molecule has 0 saturated heterocycles. The van der Waals surface area contributed by atoms with Crippen LogP contribution in [-0.4, -0.2) is 22.7 Å². The lowest BCUT2D eigenvalue weighted by Crippen LogP contribution is -2.37. The first-order valence-electron chi connectivity index (χ1n) is 6.83. The topological polar surface area (TPSA) is 70.6 Å². The zero-order valence-electron chi connectivity index (χ0n) is 12.6. The van der Waals surface area contributed by atoms with Crippen molar-refractivity contribution in [2.75, 3.05) is 11.9 Å². The van der Waals surface area contributed by atoms with Crippen molar-refractivity contribution in [2.24, 2.45) is 0 Å². The zero-order valence-corrected chi connectivity index (χ0v) is 15.8. The number of aromatic hydroxyl groups is 1. The number of carbonyl (C=O) groups excluding carboxylic acids is 1. The SMILES string of the molecule is Cc1cc(NC(=S)NC(=O)COc2ccc(Cl)cc2)cc(Br)c1O. The number of amides is 1. The predicted molar refractivity (Wildman–Crippen MR) is 102 cm³/mol. The van der Waals surface area contributed by atoms with Crippen LogP contribution in [0.3, 0.4) is 0 Å². The maximum Gasteiger partial charge on any atom is 0.264 e. The first kappa shape index (κ1) is 18.5. The van der Waals surface area contributed by atoms with Crippen molar-refractivity contribution in [3.63, 3.8) is 0 Å². The number of benzene rings is 2. The fourth-order valence-electron chi connectivity index (χ4n) is 1.81. The Morgan fingerprint density at radius 3 is 2.62 bits per heavy atom. The lowest BCUT2D eigenvalue weighted by Gasteiger charge is -2.12. The molecule has 3 N–H and O–H groups in total. The second kappa shape index (κ2) is 8.32. The molecule has 0 spiro atoms. The number of carbonyl (C=O) groups is 1. The monoisotopic (exact) mass is 428 g/mol. The number of aryl methyl sites for hydroxylation is 1. The highest BCUT2D eigenvalue weighted by Crippen LogP contribution is 2.30. The summed E-state index contributed by atoms with van der Waals surface area (Å²) in [4.78, 5) is 11.8. The lowest BCUT2D eigenvalue weighted by atomic mass is 10.2. The molecule has 0 aliphatic heterocycles. The molecule has 0 radical (unpaired) electrons. The van der Waals surface area contributed by atoms with Gasteiger partial charge in [-0.3, -0.25) is 10.1 Å². The molecule has 0 saturated carbocycles. The van der Waals surface area contributed by atoms with Crippen LogP contribution in [0.2, 0.25) is 5.02 Å².